The number of aliphatic hydroxyl groups is 1. The molecular formula is C19H29NO4. The van der Waals surface area contributed by atoms with E-state index in [1.807, 2.05) is 6.08 Å². The molecule has 5 nitrogen and oxygen atoms in total. The van der Waals surface area contributed by atoms with Gasteiger partial charge in [0.05, 0.1) is 25.2 Å². The Labute approximate surface area is 144 Å². The molecule has 0 aromatic carbocycles. The lowest BCUT2D eigenvalue weighted by molar-refractivity contribution is -0.144. The van der Waals surface area contributed by atoms with Crippen molar-refractivity contribution in [1.82, 2.24) is 4.90 Å². The van der Waals surface area contributed by atoms with Crippen LogP contribution in [0.3, 0.4) is 0 Å². The second-order valence-corrected chi connectivity index (χ2v) is 7.37. The highest BCUT2D eigenvalue weighted by Gasteiger charge is 2.48. The average Bonchev–Trinajstić information content (AvgIpc) is 2.83. The number of carbonyl (C=O) groups excluding carboxylic acids is 1. The molecule has 0 aromatic rings. The summed E-state index contributed by atoms with van der Waals surface area (Å²) >= 11 is 0. The third-order valence-corrected chi connectivity index (χ3v) is 5.43. The fourth-order valence-electron chi connectivity index (χ4n) is 4.06. The summed E-state index contributed by atoms with van der Waals surface area (Å²) in [6.07, 6.45) is 5.96. The number of allylic oxidation sites excluding steroid dienone is 2. The van der Waals surface area contributed by atoms with Crippen LogP contribution in [0.2, 0.25) is 0 Å². The van der Waals surface area contributed by atoms with Gasteiger partial charge in [-0.3, -0.25) is 9.69 Å². The van der Waals surface area contributed by atoms with Crippen molar-refractivity contribution in [3.05, 3.63) is 23.3 Å². The van der Waals surface area contributed by atoms with Crippen LogP contribution in [0, 0.1) is 11.8 Å². The highest BCUT2D eigenvalue weighted by Crippen LogP contribution is 2.37. The predicted molar refractivity (Wildman–Crippen MR) is 91.5 cm³/mol. The van der Waals surface area contributed by atoms with Gasteiger partial charge in [-0.25, -0.2) is 0 Å². The molecule has 2 aliphatic heterocycles. The molecule has 0 amide bonds. The summed E-state index contributed by atoms with van der Waals surface area (Å²) in [7, 11) is 0. The van der Waals surface area contributed by atoms with Crippen LogP contribution in [0.5, 0.6) is 0 Å². The molecule has 3 aliphatic rings. The van der Waals surface area contributed by atoms with E-state index in [-0.39, 0.29) is 23.9 Å². The maximum atomic E-state index is 12.5. The summed E-state index contributed by atoms with van der Waals surface area (Å²) in [5.74, 6) is -0.593. The lowest BCUT2D eigenvalue weighted by Gasteiger charge is -2.31. The summed E-state index contributed by atoms with van der Waals surface area (Å²) in [5.41, 5.74) is 2.42. The Balaban J connectivity index is 1.81. The lowest BCUT2D eigenvalue weighted by atomic mass is 9.81. The molecule has 2 saturated heterocycles. The Hall–Kier alpha value is -1.17. The number of hydrogen-bond acceptors (Lipinski definition) is 5. The first-order valence-electron chi connectivity index (χ1n) is 9.06. The van der Waals surface area contributed by atoms with Crippen LogP contribution in [-0.4, -0.2) is 61.0 Å². The van der Waals surface area contributed by atoms with Crippen LogP contribution in [0.4, 0.5) is 0 Å². The van der Waals surface area contributed by atoms with Crippen molar-refractivity contribution in [3.63, 3.8) is 0 Å². The van der Waals surface area contributed by atoms with Crippen molar-refractivity contribution in [3.8, 4) is 0 Å². The van der Waals surface area contributed by atoms with E-state index in [0.717, 1.165) is 32.4 Å². The van der Waals surface area contributed by atoms with E-state index in [4.69, 9.17) is 9.47 Å². The van der Waals surface area contributed by atoms with E-state index in [0.29, 0.717) is 19.8 Å². The van der Waals surface area contributed by atoms with E-state index in [1.165, 1.54) is 11.1 Å². The zero-order chi connectivity index (χ0) is 17.1. The second kappa shape index (κ2) is 7.81. The number of esters is 1. The van der Waals surface area contributed by atoms with Gasteiger partial charge in [-0.05, 0) is 26.7 Å². The lowest BCUT2D eigenvalue weighted by Crippen LogP contribution is -2.44. The molecule has 0 saturated carbocycles. The average molecular weight is 335 g/mol. The van der Waals surface area contributed by atoms with E-state index < -0.39 is 6.10 Å². The highest BCUT2D eigenvalue weighted by atomic mass is 16.6. The molecule has 4 atom stereocenters. The topological polar surface area (TPSA) is 59.0 Å². The van der Waals surface area contributed by atoms with Crippen LogP contribution in [0.25, 0.3) is 0 Å². The van der Waals surface area contributed by atoms with Crippen molar-refractivity contribution >= 4 is 5.97 Å². The van der Waals surface area contributed by atoms with Gasteiger partial charge < -0.3 is 14.6 Å². The van der Waals surface area contributed by atoms with Crippen molar-refractivity contribution in [2.45, 2.75) is 45.3 Å². The van der Waals surface area contributed by atoms with Crippen LogP contribution in [0.15, 0.2) is 23.3 Å². The summed E-state index contributed by atoms with van der Waals surface area (Å²) in [5, 5.41) is 10.8. The van der Waals surface area contributed by atoms with Crippen LogP contribution in [-0.2, 0) is 14.3 Å². The fourth-order valence-corrected chi connectivity index (χ4v) is 4.06. The zero-order valence-electron chi connectivity index (χ0n) is 14.7. The fraction of sp³-hybridized carbons (Fsp3) is 0.737. The van der Waals surface area contributed by atoms with Crippen molar-refractivity contribution in [1.29, 1.82) is 0 Å². The summed E-state index contributed by atoms with van der Waals surface area (Å²) in [6, 6.07) is 0. The number of rotatable bonds is 2. The van der Waals surface area contributed by atoms with Crippen LogP contribution in [0.1, 0.15) is 33.1 Å². The molecule has 0 aromatic heterocycles. The molecule has 24 heavy (non-hydrogen) atoms. The number of ether oxygens (including phenoxy) is 2. The first-order valence-corrected chi connectivity index (χ1v) is 9.06. The first-order chi connectivity index (χ1) is 11.5. The Bertz CT molecular complexity index is 521. The number of fused-ring (bicyclic) bond motifs is 1. The van der Waals surface area contributed by atoms with Gasteiger partial charge in [0.15, 0.2) is 0 Å². The zero-order valence-corrected chi connectivity index (χ0v) is 14.7. The monoisotopic (exact) mass is 335 g/mol. The maximum Gasteiger partial charge on any atom is 0.311 e. The number of morpholine rings is 1. The number of carbonyl (C=O) groups is 1. The Morgan fingerprint density at radius 2 is 2.00 bits per heavy atom. The first kappa shape index (κ1) is 17.6. The van der Waals surface area contributed by atoms with Crippen LogP contribution >= 0.6 is 0 Å². The Kier molecular flexibility index (Phi) is 5.74. The Morgan fingerprint density at radius 1 is 1.25 bits per heavy atom. The van der Waals surface area contributed by atoms with E-state index in [2.05, 4.69) is 24.8 Å². The standard InChI is InChI=1S/C19H29NO4/c1-13-4-3-5-14(2)11-17-18(16(21)10-13)15(19(22)24-17)12-20-6-8-23-9-7-20/h5,10,15-18,21H,3-4,6-9,11-12H2,1-2H3/t15?,16-,17-,18?/m0/s1. The summed E-state index contributed by atoms with van der Waals surface area (Å²) in [4.78, 5) is 14.8. The molecule has 0 bridgehead atoms. The smallest absolute Gasteiger partial charge is 0.311 e. The minimum absolute atomic E-state index is 0.159. The van der Waals surface area contributed by atoms with Gasteiger partial charge in [0, 0.05) is 32.0 Å². The largest absolute Gasteiger partial charge is 0.461 e. The van der Waals surface area contributed by atoms with Crippen molar-refractivity contribution in [2.75, 3.05) is 32.8 Å². The van der Waals surface area contributed by atoms with Crippen LogP contribution < -0.4 is 0 Å². The number of hydrogen-bond donors (Lipinski definition) is 1. The van der Waals surface area contributed by atoms with Gasteiger partial charge >= 0.3 is 5.97 Å². The summed E-state index contributed by atoms with van der Waals surface area (Å²) in [6.45, 7) is 7.88. The molecule has 1 N–H and O–H groups in total. The van der Waals surface area contributed by atoms with E-state index >= 15 is 0 Å². The van der Waals surface area contributed by atoms with Gasteiger partial charge in [-0.1, -0.05) is 23.3 Å². The van der Waals surface area contributed by atoms with Crippen molar-refractivity contribution < 1.29 is 19.4 Å². The quantitative estimate of drug-likeness (QED) is 0.617. The molecule has 0 radical (unpaired) electrons. The molecule has 5 heteroatoms. The maximum absolute atomic E-state index is 12.5. The molecule has 2 heterocycles. The number of aliphatic hydroxyl groups excluding tert-OH is 1. The van der Waals surface area contributed by atoms with Gasteiger partial charge in [0.2, 0.25) is 0 Å². The third kappa shape index (κ3) is 4.08. The SMILES string of the molecule is CC1=C[C@H](O)C2C(CN3CCOCC3)C(=O)O[C@H]2CC(C)=CCC1. The third-order valence-electron chi connectivity index (χ3n) is 5.43. The van der Waals surface area contributed by atoms with Gasteiger partial charge in [-0.15, -0.1) is 0 Å². The van der Waals surface area contributed by atoms with Gasteiger partial charge in [0.25, 0.3) is 0 Å². The predicted octanol–water partition coefficient (Wildman–Crippen LogP) is 1.91. The molecule has 2 unspecified atom stereocenters. The summed E-state index contributed by atoms with van der Waals surface area (Å²) < 4.78 is 11.1. The van der Waals surface area contributed by atoms with E-state index in [1.54, 1.807) is 0 Å². The minimum Gasteiger partial charge on any atom is -0.461 e. The van der Waals surface area contributed by atoms with Gasteiger partial charge in [0.1, 0.15) is 6.10 Å². The Morgan fingerprint density at radius 3 is 2.75 bits per heavy atom. The molecule has 2 fully saturated rings. The minimum atomic E-state index is -0.626. The molecule has 1 aliphatic carbocycles. The number of nitrogens with zero attached hydrogens (tertiary/aromatic N) is 1. The highest BCUT2D eigenvalue weighted by molar-refractivity contribution is 5.76. The molecule has 134 valence electrons. The van der Waals surface area contributed by atoms with Gasteiger partial charge in [-0.2, -0.15) is 0 Å². The molecular weight excluding hydrogens is 306 g/mol. The second-order valence-electron chi connectivity index (χ2n) is 7.37. The van der Waals surface area contributed by atoms with E-state index in [9.17, 15) is 9.90 Å². The molecule has 0 spiro atoms. The van der Waals surface area contributed by atoms with Crippen molar-refractivity contribution in [2.24, 2.45) is 11.8 Å². The molecule has 3 rings (SSSR count). The normalized spacial score (nSPS) is 35.7.